The first-order valence-corrected chi connectivity index (χ1v) is 8.72. The van der Waals surface area contributed by atoms with Gasteiger partial charge in [0.2, 0.25) is 0 Å². The van der Waals surface area contributed by atoms with E-state index in [0.29, 0.717) is 5.92 Å². The third kappa shape index (κ3) is 3.81. The minimum atomic E-state index is -1.26. The second-order valence-corrected chi connectivity index (χ2v) is 7.27. The van der Waals surface area contributed by atoms with Gasteiger partial charge in [-0.05, 0) is 49.9 Å². The lowest BCUT2D eigenvalue weighted by molar-refractivity contribution is 0.468. The van der Waals surface area contributed by atoms with E-state index in [1.807, 2.05) is 32.0 Å². The van der Waals surface area contributed by atoms with E-state index in [4.69, 9.17) is 0 Å². The Morgan fingerprint density at radius 3 is 2.23 bits per heavy atom. The van der Waals surface area contributed by atoms with E-state index in [9.17, 15) is 4.21 Å². The smallest absolute Gasteiger partial charge is 0.126 e. The van der Waals surface area contributed by atoms with Crippen molar-refractivity contribution >= 4 is 11.0 Å². The van der Waals surface area contributed by atoms with E-state index in [1.165, 1.54) is 5.56 Å². The number of nitrogens with one attached hydrogen (secondary N) is 1. The van der Waals surface area contributed by atoms with E-state index in [0.717, 1.165) is 21.7 Å². The Hall–Kier alpha value is -1.52. The minimum Gasteiger partial charge on any atom is -0.260 e. The Morgan fingerprint density at radius 2 is 1.73 bits per heavy atom. The summed E-state index contributed by atoms with van der Waals surface area (Å²) in [5.41, 5.74) is 4.24. The molecule has 22 heavy (non-hydrogen) atoms. The third-order valence-electron chi connectivity index (χ3n) is 3.70. The first-order valence-electron chi connectivity index (χ1n) is 7.57. The first-order chi connectivity index (χ1) is 10.4. The molecule has 3 nitrogen and oxygen atoms in total. The topological polar surface area (TPSA) is 42.0 Å². The van der Waals surface area contributed by atoms with Gasteiger partial charge in [-0.2, -0.15) is 0 Å². The molecule has 4 heteroatoms. The number of rotatable bonds is 5. The molecule has 0 radical (unpaired) electrons. The van der Waals surface area contributed by atoms with Crippen LogP contribution in [-0.4, -0.2) is 9.19 Å². The molecule has 1 heterocycles. The summed E-state index contributed by atoms with van der Waals surface area (Å²) in [5, 5.41) is 0. The van der Waals surface area contributed by atoms with Gasteiger partial charge < -0.3 is 0 Å². The van der Waals surface area contributed by atoms with Crippen molar-refractivity contribution < 1.29 is 4.21 Å². The molecule has 1 N–H and O–H groups in total. The van der Waals surface area contributed by atoms with Crippen molar-refractivity contribution in [1.29, 1.82) is 0 Å². The number of nitrogens with zero attached hydrogens (tertiary/aromatic N) is 1. The monoisotopic (exact) mass is 316 g/mol. The zero-order valence-corrected chi connectivity index (χ0v) is 14.7. The predicted octanol–water partition coefficient (Wildman–Crippen LogP) is 4.02. The van der Waals surface area contributed by atoms with Crippen molar-refractivity contribution in [1.82, 2.24) is 9.71 Å². The fourth-order valence-electron chi connectivity index (χ4n) is 2.73. The van der Waals surface area contributed by atoms with Crippen LogP contribution in [0.3, 0.4) is 0 Å². The fraction of sp³-hybridized carbons (Fsp3) is 0.389. The van der Waals surface area contributed by atoms with Gasteiger partial charge in [-0.25, -0.2) is 8.93 Å². The number of benzene rings is 1. The highest BCUT2D eigenvalue weighted by molar-refractivity contribution is 7.83. The number of aryl methyl sites for hydroxylation is 3. The normalized spacial score (nSPS) is 14.1. The number of pyridine rings is 1. The van der Waals surface area contributed by atoms with Gasteiger partial charge in [0.25, 0.3) is 0 Å². The van der Waals surface area contributed by atoms with Gasteiger partial charge in [-0.3, -0.25) is 4.98 Å². The molecule has 118 valence electrons. The Kier molecular flexibility index (Phi) is 5.48. The van der Waals surface area contributed by atoms with E-state index in [-0.39, 0.29) is 6.04 Å². The van der Waals surface area contributed by atoms with Crippen molar-refractivity contribution in [2.75, 3.05) is 0 Å². The zero-order chi connectivity index (χ0) is 16.3. The standard InChI is InChI=1S/C18H24N2OS/c1-12(2)17(16-8-6-7-9-19-16)20-22(21)18-14(4)10-13(3)11-15(18)5/h6-12,17,20H,1-5H3/t17-,22?/m1/s1. The van der Waals surface area contributed by atoms with Crippen LogP contribution in [0.1, 0.15) is 42.3 Å². The molecule has 2 aromatic rings. The average molecular weight is 316 g/mol. The predicted molar refractivity (Wildman–Crippen MR) is 92.0 cm³/mol. The molecule has 0 fully saturated rings. The van der Waals surface area contributed by atoms with Crippen LogP contribution in [0.2, 0.25) is 0 Å². The molecule has 1 unspecified atom stereocenters. The van der Waals surface area contributed by atoms with Gasteiger partial charge in [0.05, 0.1) is 16.6 Å². The molecule has 2 rings (SSSR count). The van der Waals surface area contributed by atoms with Crippen LogP contribution in [0, 0.1) is 26.7 Å². The summed E-state index contributed by atoms with van der Waals surface area (Å²) in [6, 6.07) is 9.95. The van der Waals surface area contributed by atoms with Crippen molar-refractivity contribution in [3.63, 3.8) is 0 Å². The van der Waals surface area contributed by atoms with Crippen LogP contribution in [0.15, 0.2) is 41.4 Å². The van der Waals surface area contributed by atoms with Gasteiger partial charge in [0.1, 0.15) is 11.0 Å². The Bertz CT molecular complexity index is 645. The summed E-state index contributed by atoms with van der Waals surface area (Å²) < 4.78 is 16.1. The Labute approximate surface area is 135 Å². The van der Waals surface area contributed by atoms with E-state index in [2.05, 4.69) is 42.6 Å². The SMILES string of the molecule is Cc1cc(C)c(S(=O)N[C@@H](c2ccccn2)C(C)C)c(C)c1. The van der Waals surface area contributed by atoms with Crippen molar-refractivity contribution in [2.24, 2.45) is 5.92 Å². The lowest BCUT2D eigenvalue weighted by atomic mass is 10.0. The van der Waals surface area contributed by atoms with Crippen LogP contribution in [0.5, 0.6) is 0 Å². The molecule has 0 saturated carbocycles. The molecule has 1 aromatic heterocycles. The Morgan fingerprint density at radius 1 is 1.09 bits per heavy atom. The third-order valence-corrected chi connectivity index (χ3v) is 5.18. The maximum Gasteiger partial charge on any atom is 0.126 e. The molecule has 0 aliphatic rings. The van der Waals surface area contributed by atoms with Crippen molar-refractivity contribution in [3.05, 3.63) is 58.9 Å². The molecular formula is C18H24N2OS. The maximum atomic E-state index is 12.9. The van der Waals surface area contributed by atoms with Crippen molar-refractivity contribution in [2.45, 2.75) is 45.6 Å². The van der Waals surface area contributed by atoms with Crippen LogP contribution in [0.25, 0.3) is 0 Å². The number of aromatic nitrogens is 1. The molecule has 2 atom stereocenters. The largest absolute Gasteiger partial charge is 0.260 e. The van der Waals surface area contributed by atoms with E-state index >= 15 is 0 Å². The molecule has 0 saturated heterocycles. The average Bonchev–Trinajstić information content (AvgIpc) is 2.44. The number of hydrogen-bond donors (Lipinski definition) is 1. The molecule has 0 aliphatic heterocycles. The van der Waals surface area contributed by atoms with E-state index in [1.54, 1.807) is 6.20 Å². The van der Waals surface area contributed by atoms with Crippen LogP contribution < -0.4 is 4.72 Å². The molecule has 0 aliphatic carbocycles. The van der Waals surface area contributed by atoms with Gasteiger partial charge in [-0.15, -0.1) is 0 Å². The van der Waals surface area contributed by atoms with Crippen molar-refractivity contribution in [3.8, 4) is 0 Å². The molecule has 0 spiro atoms. The highest BCUT2D eigenvalue weighted by atomic mass is 32.2. The molecule has 0 bridgehead atoms. The highest BCUT2D eigenvalue weighted by Crippen LogP contribution is 2.24. The van der Waals surface area contributed by atoms with Crippen LogP contribution in [-0.2, 0) is 11.0 Å². The van der Waals surface area contributed by atoms with Gasteiger partial charge in [-0.1, -0.05) is 37.6 Å². The van der Waals surface area contributed by atoms with Crippen LogP contribution in [0.4, 0.5) is 0 Å². The summed E-state index contributed by atoms with van der Waals surface area (Å²) in [7, 11) is -1.26. The lowest BCUT2D eigenvalue weighted by Crippen LogP contribution is -2.29. The zero-order valence-electron chi connectivity index (χ0n) is 13.9. The van der Waals surface area contributed by atoms with Gasteiger partial charge >= 0.3 is 0 Å². The highest BCUT2D eigenvalue weighted by Gasteiger charge is 2.21. The second kappa shape index (κ2) is 7.16. The van der Waals surface area contributed by atoms with Crippen LogP contribution >= 0.6 is 0 Å². The molecule has 0 amide bonds. The summed E-state index contributed by atoms with van der Waals surface area (Å²) in [4.78, 5) is 5.29. The maximum absolute atomic E-state index is 12.9. The van der Waals surface area contributed by atoms with Gasteiger partial charge in [0, 0.05) is 6.20 Å². The Balaban J connectivity index is 2.30. The number of hydrogen-bond acceptors (Lipinski definition) is 2. The molecule has 1 aromatic carbocycles. The summed E-state index contributed by atoms with van der Waals surface area (Å²) >= 11 is 0. The summed E-state index contributed by atoms with van der Waals surface area (Å²) in [6.07, 6.45) is 1.78. The first kappa shape index (κ1) is 16.8. The molecular weight excluding hydrogens is 292 g/mol. The van der Waals surface area contributed by atoms with E-state index < -0.39 is 11.0 Å². The minimum absolute atomic E-state index is 0.0397. The van der Waals surface area contributed by atoms with Gasteiger partial charge in [0.15, 0.2) is 0 Å². The summed E-state index contributed by atoms with van der Waals surface area (Å²) in [5.74, 6) is 0.296. The quantitative estimate of drug-likeness (QED) is 0.905. The summed E-state index contributed by atoms with van der Waals surface area (Å²) in [6.45, 7) is 10.3. The lowest BCUT2D eigenvalue weighted by Gasteiger charge is -2.22. The fourth-order valence-corrected chi connectivity index (χ4v) is 4.18. The second-order valence-electron chi connectivity index (χ2n) is 6.09.